The molecule has 0 bridgehead atoms. The van der Waals surface area contributed by atoms with E-state index in [0.29, 0.717) is 12.2 Å². The van der Waals surface area contributed by atoms with Gasteiger partial charge in [-0.05, 0) is 36.6 Å². The molecule has 0 aliphatic carbocycles. The van der Waals surface area contributed by atoms with Crippen LogP contribution in [0.4, 0.5) is 5.69 Å². The summed E-state index contributed by atoms with van der Waals surface area (Å²) < 4.78 is 5.30. The summed E-state index contributed by atoms with van der Waals surface area (Å²) in [5.41, 5.74) is 5.81. The third-order valence-corrected chi connectivity index (χ3v) is 5.62. The van der Waals surface area contributed by atoms with Gasteiger partial charge >= 0.3 is 5.97 Å². The molecule has 2 heterocycles. The average molecular weight is 404 g/mol. The number of H-pyrrole nitrogens is 1. The Balaban J connectivity index is 1.64. The third-order valence-electron chi connectivity index (χ3n) is 5.62. The van der Waals surface area contributed by atoms with Gasteiger partial charge in [0.1, 0.15) is 0 Å². The molecule has 0 amide bonds. The topological polar surface area (TPSA) is 66.1 Å². The van der Waals surface area contributed by atoms with Crippen molar-refractivity contribution in [2.24, 2.45) is 0 Å². The Bertz CT molecular complexity index is 1080. The van der Waals surface area contributed by atoms with Gasteiger partial charge in [0, 0.05) is 41.3 Å². The fourth-order valence-electron chi connectivity index (χ4n) is 4.15. The average Bonchev–Trinajstić information content (AvgIpc) is 3.05. The van der Waals surface area contributed by atoms with Crippen LogP contribution in [-0.4, -0.2) is 30.6 Å². The SMILES string of the molecule is CCOC(=O)C1=CNCC(C)(C)c2c1[nH]c1cc(NCCc3ccccc3)ccc21. The molecule has 1 aliphatic heterocycles. The van der Waals surface area contributed by atoms with Gasteiger partial charge in [-0.15, -0.1) is 0 Å². The second-order valence-corrected chi connectivity index (χ2v) is 8.34. The molecular formula is C25H29N3O2. The highest BCUT2D eigenvalue weighted by atomic mass is 16.5. The number of benzene rings is 2. The van der Waals surface area contributed by atoms with E-state index in [1.54, 1.807) is 6.20 Å². The number of hydrogen-bond donors (Lipinski definition) is 3. The number of aromatic amines is 1. The second-order valence-electron chi connectivity index (χ2n) is 8.34. The van der Waals surface area contributed by atoms with E-state index >= 15 is 0 Å². The Hall–Kier alpha value is -3.21. The standard InChI is InChI=1S/C25H29N3O2/c1-4-30-24(29)20-15-26-16-25(2,3)22-19-11-10-18(14-21(19)28-23(20)22)27-13-12-17-8-6-5-7-9-17/h5-11,14-15,26-28H,4,12-13,16H2,1-3H3. The largest absolute Gasteiger partial charge is 0.462 e. The predicted molar refractivity (Wildman–Crippen MR) is 123 cm³/mol. The molecular weight excluding hydrogens is 374 g/mol. The molecule has 1 aromatic heterocycles. The Morgan fingerprint density at radius 3 is 2.73 bits per heavy atom. The Morgan fingerprint density at radius 2 is 1.97 bits per heavy atom. The van der Waals surface area contributed by atoms with Crippen LogP contribution in [0.2, 0.25) is 0 Å². The minimum Gasteiger partial charge on any atom is -0.462 e. The van der Waals surface area contributed by atoms with Crippen LogP contribution in [-0.2, 0) is 21.4 Å². The highest BCUT2D eigenvalue weighted by Crippen LogP contribution is 2.39. The molecule has 2 aromatic carbocycles. The lowest BCUT2D eigenvalue weighted by molar-refractivity contribution is -0.136. The molecule has 0 spiro atoms. The predicted octanol–water partition coefficient (Wildman–Crippen LogP) is 4.61. The van der Waals surface area contributed by atoms with Crippen molar-refractivity contribution in [3.63, 3.8) is 0 Å². The Labute approximate surface area is 177 Å². The summed E-state index contributed by atoms with van der Waals surface area (Å²) in [5, 5.41) is 7.94. The number of ether oxygens (including phenoxy) is 1. The summed E-state index contributed by atoms with van der Waals surface area (Å²) >= 11 is 0. The number of fused-ring (bicyclic) bond motifs is 3. The maximum absolute atomic E-state index is 12.6. The third kappa shape index (κ3) is 3.92. The molecule has 1 aliphatic rings. The quantitative estimate of drug-likeness (QED) is 0.526. The molecule has 0 fully saturated rings. The van der Waals surface area contributed by atoms with E-state index < -0.39 is 0 Å². The van der Waals surface area contributed by atoms with Crippen molar-refractivity contribution in [1.82, 2.24) is 10.3 Å². The smallest absolute Gasteiger partial charge is 0.341 e. The molecule has 30 heavy (non-hydrogen) atoms. The molecule has 156 valence electrons. The van der Waals surface area contributed by atoms with Gasteiger partial charge in [-0.25, -0.2) is 4.79 Å². The monoisotopic (exact) mass is 403 g/mol. The summed E-state index contributed by atoms with van der Waals surface area (Å²) in [6.45, 7) is 8.17. The van der Waals surface area contributed by atoms with Gasteiger partial charge < -0.3 is 20.4 Å². The number of carbonyl (C=O) groups excluding carboxylic acids is 1. The summed E-state index contributed by atoms with van der Waals surface area (Å²) in [4.78, 5) is 16.1. The van der Waals surface area contributed by atoms with Crippen molar-refractivity contribution < 1.29 is 9.53 Å². The van der Waals surface area contributed by atoms with Gasteiger partial charge in [0.2, 0.25) is 0 Å². The van der Waals surface area contributed by atoms with E-state index in [2.05, 4.69) is 71.9 Å². The molecule has 3 aromatic rings. The highest BCUT2D eigenvalue weighted by Gasteiger charge is 2.33. The van der Waals surface area contributed by atoms with Crippen LogP contribution < -0.4 is 10.6 Å². The van der Waals surface area contributed by atoms with Crippen LogP contribution >= 0.6 is 0 Å². The lowest BCUT2D eigenvalue weighted by Gasteiger charge is -2.24. The van der Waals surface area contributed by atoms with Crippen molar-refractivity contribution in [1.29, 1.82) is 0 Å². The summed E-state index contributed by atoms with van der Waals surface area (Å²) in [6, 6.07) is 16.8. The zero-order valence-corrected chi connectivity index (χ0v) is 17.8. The molecule has 3 N–H and O–H groups in total. The molecule has 0 atom stereocenters. The van der Waals surface area contributed by atoms with E-state index in [9.17, 15) is 4.79 Å². The molecule has 0 unspecified atom stereocenters. The highest BCUT2D eigenvalue weighted by molar-refractivity contribution is 6.18. The number of esters is 1. The summed E-state index contributed by atoms with van der Waals surface area (Å²) in [5.74, 6) is -0.309. The van der Waals surface area contributed by atoms with E-state index in [4.69, 9.17) is 4.74 Å². The van der Waals surface area contributed by atoms with Crippen LogP contribution in [0.15, 0.2) is 54.7 Å². The molecule has 5 nitrogen and oxygen atoms in total. The van der Waals surface area contributed by atoms with E-state index in [1.165, 1.54) is 5.56 Å². The molecule has 5 heteroatoms. The number of rotatable bonds is 6. The number of hydrogen-bond acceptors (Lipinski definition) is 4. The maximum Gasteiger partial charge on any atom is 0.341 e. The van der Waals surface area contributed by atoms with Gasteiger partial charge in [-0.3, -0.25) is 0 Å². The Morgan fingerprint density at radius 1 is 1.17 bits per heavy atom. The van der Waals surface area contributed by atoms with Crippen LogP contribution in [0.1, 0.15) is 37.6 Å². The number of nitrogens with one attached hydrogen (secondary N) is 3. The van der Waals surface area contributed by atoms with Gasteiger partial charge in [-0.2, -0.15) is 0 Å². The summed E-state index contributed by atoms with van der Waals surface area (Å²) in [7, 11) is 0. The maximum atomic E-state index is 12.6. The molecule has 0 radical (unpaired) electrons. The van der Waals surface area contributed by atoms with Gasteiger partial charge in [0.05, 0.1) is 17.9 Å². The lowest BCUT2D eigenvalue weighted by Crippen LogP contribution is -2.29. The van der Waals surface area contributed by atoms with E-state index in [0.717, 1.165) is 47.4 Å². The van der Waals surface area contributed by atoms with Crippen molar-refractivity contribution >= 4 is 28.1 Å². The Kier molecular flexibility index (Phi) is 5.53. The minimum absolute atomic E-state index is 0.138. The first-order chi connectivity index (χ1) is 14.5. The zero-order valence-electron chi connectivity index (χ0n) is 17.8. The lowest BCUT2D eigenvalue weighted by atomic mass is 9.82. The first-order valence-electron chi connectivity index (χ1n) is 10.5. The van der Waals surface area contributed by atoms with Crippen LogP contribution in [0.3, 0.4) is 0 Å². The van der Waals surface area contributed by atoms with Crippen molar-refractivity contribution in [2.75, 3.05) is 25.0 Å². The van der Waals surface area contributed by atoms with Crippen molar-refractivity contribution in [2.45, 2.75) is 32.6 Å². The van der Waals surface area contributed by atoms with Crippen molar-refractivity contribution in [3.8, 4) is 0 Å². The minimum atomic E-state index is -0.309. The fraction of sp³-hybridized carbons (Fsp3) is 0.320. The van der Waals surface area contributed by atoms with Crippen LogP contribution in [0.5, 0.6) is 0 Å². The zero-order chi connectivity index (χ0) is 21.1. The van der Waals surface area contributed by atoms with E-state index in [1.807, 2.05) is 13.0 Å². The molecule has 0 saturated heterocycles. The van der Waals surface area contributed by atoms with Crippen LogP contribution in [0, 0.1) is 0 Å². The van der Waals surface area contributed by atoms with Gasteiger partial charge in [0.15, 0.2) is 0 Å². The number of anilines is 1. The van der Waals surface area contributed by atoms with Gasteiger partial charge in [0.25, 0.3) is 0 Å². The summed E-state index contributed by atoms with van der Waals surface area (Å²) in [6.07, 6.45) is 2.74. The molecule has 0 saturated carbocycles. The van der Waals surface area contributed by atoms with Crippen LogP contribution in [0.25, 0.3) is 16.5 Å². The second kappa shape index (κ2) is 8.27. The van der Waals surface area contributed by atoms with Crippen molar-refractivity contribution in [3.05, 3.63) is 71.6 Å². The van der Waals surface area contributed by atoms with Gasteiger partial charge in [-0.1, -0.05) is 50.2 Å². The van der Waals surface area contributed by atoms with E-state index in [-0.39, 0.29) is 11.4 Å². The number of aromatic nitrogens is 1. The number of carbonyl (C=O) groups is 1. The first-order valence-corrected chi connectivity index (χ1v) is 10.5. The normalized spacial score (nSPS) is 15.0. The molecule has 4 rings (SSSR count). The first kappa shape index (κ1) is 20.1. The fourth-order valence-corrected chi connectivity index (χ4v) is 4.15.